The van der Waals surface area contributed by atoms with Crippen LogP contribution in [0.1, 0.15) is 41.5 Å². The van der Waals surface area contributed by atoms with E-state index >= 15 is 0 Å². The molecule has 4 nitrogen and oxygen atoms in total. The average Bonchev–Trinajstić information content (AvgIpc) is 3.09. The molecule has 0 aromatic heterocycles. The van der Waals surface area contributed by atoms with Gasteiger partial charge in [0.2, 0.25) is 0 Å². The van der Waals surface area contributed by atoms with Gasteiger partial charge in [0, 0.05) is 24.6 Å². The van der Waals surface area contributed by atoms with E-state index < -0.39 is 17.1 Å². The van der Waals surface area contributed by atoms with Gasteiger partial charge in [-0.05, 0) is 55.8 Å². The molecule has 2 fully saturated rings. The molecule has 2 aliphatic carbocycles. The van der Waals surface area contributed by atoms with Crippen molar-refractivity contribution in [2.24, 2.45) is 0 Å². The number of likely N-dealkylation sites (tertiary alicyclic amines) is 1. The van der Waals surface area contributed by atoms with E-state index in [1.807, 2.05) is 13.0 Å². The number of rotatable bonds is 3. The van der Waals surface area contributed by atoms with Crippen LogP contribution in [0.2, 0.25) is 0 Å². The highest BCUT2D eigenvalue weighted by Gasteiger charge is 2.72. The molecule has 1 saturated carbocycles. The molecule has 2 heterocycles. The van der Waals surface area contributed by atoms with Crippen LogP contribution in [-0.2, 0) is 23.1 Å². The number of carbonyl (C=O) groups excluding carboxylic acids is 1. The Morgan fingerprint density at radius 3 is 2.83 bits per heavy atom. The molecule has 29 heavy (non-hydrogen) atoms. The van der Waals surface area contributed by atoms with Crippen molar-refractivity contribution in [3.05, 3.63) is 64.7 Å². The largest absolute Gasteiger partial charge is 0.481 e. The molecule has 4 aliphatic rings. The van der Waals surface area contributed by atoms with Crippen LogP contribution in [0, 0.1) is 6.92 Å². The molecule has 2 bridgehead atoms. The lowest BCUT2D eigenvalue weighted by Gasteiger charge is -2.62. The first-order valence-electron chi connectivity index (χ1n) is 10.9. The number of piperidine rings is 1. The minimum Gasteiger partial charge on any atom is -0.481 e. The third kappa shape index (κ3) is 2.14. The van der Waals surface area contributed by atoms with E-state index in [-0.39, 0.29) is 11.8 Å². The highest BCUT2D eigenvalue weighted by Crippen LogP contribution is 2.63. The number of aryl methyl sites for hydroxylation is 1. The van der Waals surface area contributed by atoms with Crippen molar-refractivity contribution >= 4 is 5.78 Å². The van der Waals surface area contributed by atoms with Crippen molar-refractivity contribution in [1.29, 1.82) is 0 Å². The second kappa shape index (κ2) is 5.93. The van der Waals surface area contributed by atoms with Crippen molar-refractivity contribution in [3.63, 3.8) is 0 Å². The predicted molar refractivity (Wildman–Crippen MR) is 110 cm³/mol. The Kier molecular flexibility index (Phi) is 3.61. The molecular formula is C25H27NO3. The minimum atomic E-state index is -0.896. The van der Waals surface area contributed by atoms with Crippen LogP contribution < -0.4 is 4.74 Å². The molecule has 4 heteroatoms. The molecule has 0 unspecified atom stereocenters. The monoisotopic (exact) mass is 389 g/mol. The summed E-state index contributed by atoms with van der Waals surface area (Å²) in [5.74, 6) is 1.03. The molecule has 2 aromatic carbocycles. The standard InChI is InChI=1S/C25H27NO3/c1-16-7-8-18-15-20-25(28)11-9-19(27)23-24(25,21(18)22(16)29-23)12-14-26(20)13-10-17-5-3-2-4-6-17/h2-8,20,23,28H,9-15H2,1H3/t20-,23+,24+,25-/m1/s1. The zero-order valence-corrected chi connectivity index (χ0v) is 16.9. The third-order valence-electron chi connectivity index (χ3n) is 8.12. The normalized spacial score (nSPS) is 34.6. The predicted octanol–water partition coefficient (Wildman–Crippen LogP) is 2.96. The van der Waals surface area contributed by atoms with Gasteiger partial charge in [0.1, 0.15) is 5.75 Å². The number of aliphatic hydroxyl groups is 1. The lowest BCUT2D eigenvalue weighted by atomic mass is 9.49. The summed E-state index contributed by atoms with van der Waals surface area (Å²) in [5, 5.41) is 12.2. The quantitative estimate of drug-likeness (QED) is 0.877. The summed E-state index contributed by atoms with van der Waals surface area (Å²) in [6, 6.07) is 14.9. The smallest absolute Gasteiger partial charge is 0.174 e. The maximum Gasteiger partial charge on any atom is 0.174 e. The van der Waals surface area contributed by atoms with E-state index in [0.29, 0.717) is 12.8 Å². The number of ether oxygens (including phenoxy) is 1. The molecule has 0 amide bonds. The summed E-state index contributed by atoms with van der Waals surface area (Å²) < 4.78 is 6.32. The van der Waals surface area contributed by atoms with E-state index in [1.54, 1.807) is 0 Å². The highest BCUT2D eigenvalue weighted by atomic mass is 16.5. The average molecular weight is 389 g/mol. The van der Waals surface area contributed by atoms with E-state index in [9.17, 15) is 9.90 Å². The number of Topliss-reactive ketones (excluding diaryl/α,β-unsaturated/α-hetero) is 1. The summed E-state index contributed by atoms with van der Waals surface area (Å²) in [4.78, 5) is 15.4. The maximum atomic E-state index is 12.9. The molecule has 2 aromatic rings. The Balaban J connectivity index is 1.43. The second-order valence-electron chi connectivity index (χ2n) is 9.35. The molecule has 150 valence electrons. The van der Waals surface area contributed by atoms with E-state index in [1.165, 1.54) is 11.1 Å². The lowest BCUT2D eigenvalue weighted by molar-refractivity contribution is -0.188. The summed E-state index contributed by atoms with van der Waals surface area (Å²) in [6.07, 6.45) is 3.04. The van der Waals surface area contributed by atoms with E-state index in [4.69, 9.17) is 4.74 Å². The first kappa shape index (κ1) is 17.7. The van der Waals surface area contributed by atoms with Gasteiger partial charge in [-0.25, -0.2) is 0 Å². The van der Waals surface area contributed by atoms with Crippen LogP contribution in [0.15, 0.2) is 42.5 Å². The number of hydrogen-bond acceptors (Lipinski definition) is 4. The summed E-state index contributed by atoms with van der Waals surface area (Å²) in [6.45, 7) is 3.88. The van der Waals surface area contributed by atoms with Crippen LogP contribution in [0.25, 0.3) is 0 Å². The second-order valence-corrected chi connectivity index (χ2v) is 9.35. The molecule has 4 atom stereocenters. The van der Waals surface area contributed by atoms with Crippen LogP contribution in [0.5, 0.6) is 5.75 Å². The number of hydrogen-bond donors (Lipinski definition) is 1. The highest BCUT2D eigenvalue weighted by molar-refractivity contribution is 5.89. The zero-order valence-electron chi connectivity index (χ0n) is 16.9. The summed E-state index contributed by atoms with van der Waals surface area (Å²) in [7, 11) is 0. The van der Waals surface area contributed by atoms with Crippen molar-refractivity contribution in [3.8, 4) is 5.75 Å². The zero-order chi connectivity index (χ0) is 19.8. The van der Waals surface area contributed by atoms with Gasteiger partial charge in [0.15, 0.2) is 11.9 Å². The third-order valence-corrected chi connectivity index (χ3v) is 8.12. The molecule has 1 saturated heterocycles. The molecule has 0 radical (unpaired) electrons. The fraction of sp³-hybridized carbons (Fsp3) is 0.480. The summed E-state index contributed by atoms with van der Waals surface area (Å²) in [5.41, 5.74) is 3.36. The first-order valence-corrected chi connectivity index (χ1v) is 10.9. The first-order chi connectivity index (χ1) is 14.0. The topological polar surface area (TPSA) is 49.8 Å². The molecule has 6 rings (SSSR count). The van der Waals surface area contributed by atoms with Crippen molar-refractivity contribution in [2.75, 3.05) is 13.1 Å². The van der Waals surface area contributed by atoms with E-state index in [0.717, 1.165) is 49.2 Å². The van der Waals surface area contributed by atoms with Crippen LogP contribution in [0.3, 0.4) is 0 Å². The maximum absolute atomic E-state index is 12.9. The Bertz CT molecular complexity index is 1000. The molecule has 2 aliphatic heterocycles. The van der Waals surface area contributed by atoms with Gasteiger partial charge >= 0.3 is 0 Å². The molecule has 1 spiro atoms. The van der Waals surface area contributed by atoms with Gasteiger partial charge in [-0.3, -0.25) is 9.69 Å². The van der Waals surface area contributed by atoms with Crippen LogP contribution in [-0.4, -0.2) is 46.6 Å². The Morgan fingerprint density at radius 2 is 2.00 bits per heavy atom. The van der Waals surface area contributed by atoms with Crippen molar-refractivity contribution < 1.29 is 14.6 Å². The Hall–Kier alpha value is -2.17. The van der Waals surface area contributed by atoms with Gasteiger partial charge in [0.25, 0.3) is 0 Å². The van der Waals surface area contributed by atoms with Gasteiger partial charge in [-0.1, -0.05) is 42.5 Å². The molecule has 1 N–H and O–H groups in total. The number of ketones is 1. The Labute approximate surface area is 171 Å². The summed E-state index contributed by atoms with van der Waals surface area (Å²) >= 11 is 0. The SMILES string of the molecule is Cc1ccc2c3c1O[C@H]1C(=O)CC[C@@]4(O)[C@@H](C2)N(CCc2ccccc2)CC[C@]314. The molecular weight excluding hydrogens is 362 g/mol. The van der Waals surface area contributed by atoms with Crippen LogP contribution >= 0.6 is 0 Å². The van der Waals surface area contributed by atoms with Gasteiger partial charge in [-0.2, -0.15) is 0 Å². The lowest BCUT2D eigenvalue weighted by Crippen LogP contribution is -2.76. The number of nitrogens with zero attached hydrogens (tertiary/aromatic N) is 1. The van der Waals surface area contributed by atoms with E-state index in [2.05, 4.69) is 41.3 Å². The minimum absolute atomic E-state index is 0.0420. The fourth-order valence-corrected chi connectivity index (χ4v) is 6.75. The van der Waals surface area contributed by atoms with Crippen molar-refractivity contribution in [2.45, 2.75) is 62.2 Å². The number of carbonyl (C=O) groups is 1. The number of benzene rings is 2. The van der Waals surface area contributed by atoms with Gasteiger partial charge < -0.3 is 9.84 Å². The van der Waals surface area contributed by atoms with Crippen LogP contribution in [0.4, 0.5) is 0 Å². The van der Waals surface area contributed by atoms with Gasteiger partial charge in [-0.15, -0.1) is 0 Å². The van der Waals surface area contributed by atoms with Gasteiger partial charge in [0.05, 0.1) is 11.0 Å². The Morgan fingerprint density at radius 1 is 1.17 bits per heavy atom. The van der Waals surface area contributed by atoms with Crippen molar-refractivity contribution in [1.82, 2.24) is 4.90 Å². The fourth-order valence-electron chi connectivity index (χ4n) is 6.75.